The van der Waals surface area contributed by atoms with Crippen LogP contribution in [-0.4, -0.2) is 5.78 Å². The molecule has 0 aromatic heterocycles. The first-order chi connectivity index (χ1) is 5.20. The Morgan fingerprint density at radius 3 is 2.82 bits per heavy atom. The second kappa shape index (κ2) is 3.51. The summed E-state index contributed by atoms with van der Waals surface area (Å²) in [5, 5.41) is 0. The molecule has 0 fully saturated rings. The van der Waals surface area contributed by atoms with Crippen LogP contribution in [0.2, 0.25) is 0 Å². The summed E-state index contributed by atoms with van der Waals surface area (Å²) in [5.41, 5.74) is 1.25. The maximum Gasteiger partial charge on any atom is 0.139 e. The molecule has 1 heteroatoms. The molecule has 0 aliphatic heterocycles. The van der Waals surface area contributed by atoms with Gasteiger partial charge in [-0.25, -0.2) is 0 Å². The SMILES string of the molecule is CC(C)C(=O)CC1=CC=CC1. The number of Topliss-reactive ketones (excluding diaryl/α,β-unsaturated/α-hetero) is 1. The molecule has 0 aromatic rings. The van der Waals surface area contributed by atoms with E-state index in [1.54, 1.807) is 0 Å². The van der Waals surface area contributed by atoms with Gasteiger partial charge in [0.25, 0.3) is 0 Å². The number of rotatable bonds is 3. The minimum atomic E-state index is 0.177. The Balaban J connectivity index is 2.37. The molecule has 0 heterocycles. The summed E-state index contributed by atoms with van der Waals surface area (Å²) >= 11 is 0. The van der Waals surface area contributed by atoms with Crippen molar-refractivity contribution >= 4 is 5.78 Å². The predicted molar refractivity (Wildman–Crippen MR) is 46.3 cm³/mol. The Morgan fingerprint density at radius 1 is 1.64 bits per heavy atom. The lowest BCUT2D eigenvalue weighted by Crippen LogP contribution is -2.06. The maximum absolute atomic E-state index is 11.2. The van der Waals surface area contributed by atoms with Crippen LogP contribution in [0.25, 0.3) is 0 Å². The average molecular weight is 150 g/mol. The fourth-order valence-electron chi connectivity index (χ4n) is 1.05. The number of ketones is 1. The van der Waals surface area contributed by atoms with E-state index >= 15 is 0 Å². The Bertz CT molecular complexity index is 209. The van der Waals surface area contributed by atoms with Gasteiger partial charge in [-0.2, -0.15) is 0 Å². The van der Waals surface area contributed by atoms with Crippen LogP contribution in [0.3, 0.4) is 0 Å². The van der Waals surface area contributed by atoms with Crippen molar-refractivity contribution < 1.29 is 4.79 Å². The highest BCUT2D eigenvalue weighted by atomic mass is 16.1. The van der Waals surface area contributed by atoms with E-state index < -0.39 is 0 Å². The fourth-order valence-corrected chi connectivity index (χ4v) is 1.05. The van der Waals surface area contributed by atoms with Crippen molar-refractivity contribution in [2.24, 2.45) is 5.92 Å². The van der Waals surface area contributed by atoms with Crippen LogP contribution in [0, 0.1) is 5.92 Å². The quantitative estimate of drug-likeness (QED) is 0.604. The van der Waals surface area contributed by atoms with Gasteiger partial charge in [-0.15, -0.1) is 0 Å². The molecule has 1 rings (SSSR count). The van der Waals surface area contributed by atoms with Crippen LogP contribution >= 0.6 is 0 Å². The third-order valence-corrected chi connectivity index (χ3v) is 1.89. The number of carbonyl (C=O) groups excluding carboxylic acids is 1. The van der Waals surface area contributed by atoms with E-state index in [0.29, 0.717) is 12.2 Å². The summed E-state index contributed by atoms with van der Waals surface area (Å²) in [5.74, 6) is 0.524. The third kappa shape index (κ3) is 2.34. The standard InChI is InChI=1S/C10H14O/c1-8(2)10(11)7-9-5-3-4-6-9/h3-5,8H,6-7H2,1-2H3. The molecular weight excluding hydrogens is 136 g/mol. The highest BCUT2D eigenvalue weighted by Crippen LogP contribution is 2.16. The highest BCUT2D eigenvalue weighted by Gasteiger charge is 2.09. The molecule has 11 heavy (non-hydrogen) atoms. The Kier molecular flexibility index (Phi) is 2.64. The van der Waals surface area contributed by atoms with E-state index in [9.17, 15) is 4.79 Å². The Hall–Kier alpha value is -0.850. The van der Waals surface area contributed by atoms with E-state index in [4.69, 9.17) is 0 Å². The van der Waals surface area contributed by atoms with Gasteiger partial charge in [0.05, 0.1) is 0 Å². The van der Waals surface area contributed by atoms with Crippen molar-refractivity contribution in [3.63, 3.8) is 0 Å². The second-order valence-electron chi connectivity index (χ2n) is 3.25. The summed E-state index contributed by atoms with van der Waals surface area (Å²) in [6.07, 6.45) is 7.76. The fraction of sp³-hybridized carbons (Fsp3) is 0.500. The molecule has 0 amide bonds. The summed E-state index contributed by atoms with van der Waals surface area (Å²) in [6.45, 7) is 3.90. The molecule has 1 aliphatic carbocycles. The molecule has 0 radical (unpaired) electrons. The molecule has 0 aromatic carbocycles. The minimum Gasteiger partial charge on any atom is -0.299 e. The molecule has 0 spiro atoms. The van der Waals surface area contributed by atoms with E-state index in [0.717, 1.165) is 6.42 Å². The number of allylic oxidation sites excluding steroid dienone is 4. The number of hydrogen-bond donors (Lipinski definition) is 0. The van der Waals surface area contributed by atoms with Crippen molar-refractivity contribution in [3.05, 3.63) is 23.8 Å². The molecule has 0 N–H and O–H groups in total. The summed E-state index contributed by atoms with van der Waals surface area (Å²) < 4.78 is 0. The average Bonchev–Trinajstić information content (AvgIpc) is 2.39. The molecule has 1 aliphatic rings. The Morgan fingerprint density at radius 2 is 2.36 bits per heavy atom. The lowest BCUT2D eigenvalue weighted by Gasteiger charge is -2.03. The molecule has 0 saturated heterocycles. The van der Waals surface area contributed by atoms with Gasteiger partial charge >= 0.3 is 0 Å². The van der Waals surface area contributed by atoms with Crippen LogP contribution in [-0.2, 0) is 4.79 Å². The molecular formula is C10H14O. The van der Waals surface area contributed by atoms with Crippen molar-refractivity contribution in [1.29, 1.82) is 0 Å². The van der Waals surface area contributed by atoms with E-state index in [1.807, 2.05) is 26.0 Å². The topological polar surface area (TPSA) is 17.1 Å². The zero-order valence-electron chi connectivity index (χ0n) is 7.13. The largest absolute Gasteiger partial charge is 0.299 e. The van der Waals surface area contributed by atoms with Crippen molar-refractivity contribution in [2.45, 2.75) is 26.7 Å². The second-order valence-corrected chi connectivity index (χ2v) is 3.25. The van der Waals surface area contributed by atoms with Crippen LogP contribution < -0.4 is 0 Å². The first-order valence-corrected chi connectivity index (χ1v) is 4.07. The molecule has 1 nitrogen and oxygen atoms in total. The van der Waals surface area contributed by atoms with Gasteiger partial charge in [0.2, 0.25) is 0 Å². The van der Waals surface area contributed by atoms with Crippen molar-refractivity contribution in [2.75, 3.05) is 0 Å². The lowest BCUT2D eigenvalue weighted by atomic mass is 10.0. The van der Waals surface area contributed by atoms with Crippen LogP contribution in [0.1, 0.15) is 26.7 Å². The lowest BCUT2D eigenvalue weighted by molar-refractivity contribution is -0.121. The van der Waals surface area contributed by atoms with Crippen molar-refractivity contribution in [3.8, 4) is 0 Å². The summed E-state index contributed by atoms with van der Waals surface area (Å²) in [4.78, 5) is 11.2. The monoisotopic (exact) mass is 150 g/mol. The predicted octanol–water partition coefficient (Wildman–Crippen LogP) is 2.49. The van der Waals surface area contributed by atoms with Gasteiger partial charge in [-0.05, 0) is 6.42 Å². The van der Waals surface area contributed by atoms with Crippen LogP contribution in [0.4, 0.5) is 0 Å². The van der Waals surface area contributed by atoms with Gasteiger partial charge < -0.3 is 0 Å². The van der Waals surface area contributed by atoms with Gasteiger partial charge in [0.1, 0.15) is 5.78 Å². The maximum atomic E-state index is 11.2. The molecule has 0 saturated carbocycles. The molecule has 0 unspecified atom stereocenters. The molecule has 60 valence electrons. The minimum absolute atomic E-state index is 0.177. The zero-order valence-corrected chi connectivity index (χ0v) is 7.13. The highest BCUT2D eigenvalue weighted by molar-refractivity contribution is 5.82. The normalized spacial score (nSPS) is 15.7. The van der Waals surface area contributed by atoms with Crippen LogP contribution in [0.15, 0.2) is 23.8 Å². The van der Waals surface area contributed by atoms with Gasteiger partial charge in [-0.1, -0.05) is 37.6 Å². The van der Waals surface area contributed by atoms with Crippen LogP contribution in [0.5, 0.6) is 0 Å². The van der Waals surface area contributed by atoms with Gasteiger partial charge in [-0.3, -0.25) is 4.79 Å². The summed E-state index contributed by atoms with van der Waals surface area (Å²) in [7, 11) is 0. The zero-order chi connectivity index (χ0) is 8.27. The first kappa shape index (κ1) is 8.25. The van der Waals surface area contributed by atoms with Crippen molar-refractivity contribution in [1.82, 2.24) is 0 Å². The van der Waals surface area contributed by atoms with E-state index in [1.165, 1.54) is 5.57 Å². The summed E-state index contributed by atoms with van der Waals surface area (Å²) in [6, 6.07) is 0. The van der Waals surface area contributed by atoms with E-state index in [2.05, 4.69) is 6.08 Å². The molecule has 0 atom stereocenters. The smallest absolute Gasteiger partial charge is 0.139 e. The van der Waals surface area contributed by atoms with Gasteiger partial charge in [0, 0.05) is 12.3 Å². The first-order valence-electron chi connectivity index (χ1n) is 4.07. The third-order valence-electron chi connectivity index (χ3n) is 1.89. The van der Waals surface area contributed by atoms with E-state index in [-0.39, 0.29) is 5.92 Å². The van der Waals surface area contributed by atoms with Gasteiger partial charge in [0.15, 0.2) is 0 Å². The Labute approximate surface area is 67.8 Å². The number of carbonyl (C=O) groups is 1. The number of hydrogen-bond acceptors (Lipinski definition) is 1. The molecule has 0 bridgehead atoms.